The number of aryl methyl sites for hydroxylation is 1. The van der Waals surface area contributed by atoms with E-state index in [-0.39, 0.29) is 5.91 Å². The van der Waals surface area contributed by atoms with Crippen molar-refractivity contribution in [2.75, 3.05) is 0 Å². The third-order valence-electron chi connectivity index (χ3n) is 4.34. The molecule has 0 aliphatic carbocycles. The van der Waals surface area contributed by atoms with Crippen molar-refractivity contribution >= 4 is 22.9 Å². The Morgan fingerprint density at radius 1 is 1.07 bits per heavy atom. The highest BCUT2D eigenvalue weighted by molar-refractivity contribution is 5.87. The van der Waals surface area contributed by atoms with Crippen molar-refractivity contribution in [1.29, 1.82) is 0 Å². The molecule has 152 valence electrons. The molecule has 3 rings (SSSR count). The molecule has 29 heavy (non-hydrogen) atoms. The Bertz CT molecular complexity index is 1000. The van der Waals surface area contributed by atoms with E-state index in [1.807, 2.05) is 43.3 Å². The first-order valence-electron chi connectivity index (χ1n) is 9.62. The first kappa shape index (κ1) is 20.5. The zero-order valence-corrected chi connectivity index (χ0v) is 17.2. The molecule has 2 aromatic carbocycles. The molecule has 0 radical (unpaired) electrons. The van der Waals surface area contributed by atoms with Crippen LogP contribution < -0.4 is 10.6 Å². The Morgan fingerprint density at radius 3 is 2.48 bits per heavy atom. The van der Waals surface area contributed by atoms with Crippen LogP contribution in [-0.4, -0.2) is 22.6 Å². The molecule has 0 fully saturated rings. The fraction of sp³-hybridized carbons (Fsp3) is 0.304. The van der Waals surface area contributed by atoms with Crippen molar-refractivity contribution in [2.24, 2.45) is 0 Å². The van der Waals surface area contributed by atoms with Crippen LogP contribution in [0.25, 0.3) is 10.9 Å². The van der Waals surface area contributed by atoms with Crippen LogP contribution >= 0.6 is 0 Å². The molecule has 1 atom stereocenters. The topological polar surface area (TPSA) is 83.2 Å². The SMILES string of the molecule is Cc1cc2cc(CNC(=O)C(NC(=O)OC(C)(C)C)c3ccccc3)ccc2[nH]1. The highest BCUT2D eigenvalue weighted by Gasteiger charge is 2.25. The molecule has 0 aliphatic rings. The number of ether oxygens (including phenoxy) is 1. The number of fused-ring (bicyclic) bond motifs is 1. The van der Waals surface area contributed by atoms with Gasteiger partial charge in [-0.3, -0.25) is 4.79 Å². The molecule has 2 amide bonds. The lowest BCUT2D eigenvalue weighted by Crippen LogP contribution is -2.42. The summed E-state index contributed by atoms with van der Waals surface area (Å²) < 4.78 is 5.32. The van der Waals surface area contributed by atoms with Crippen molar-refractivity contribution in [3.63, 3.8) is 0 Å². The summed E-state index contributed by atoms with van der Waals surface area (Å²) in [5.74, 6) is -0.299. The average Bonchev–Trinajstić information content (AvgIpc) is 3.02. The summed E-state index contributed by atoms with van der Waals surface area (Å²) in [7, 11) is 0. The van der Waals surface area contributed by atoms with Crippen LogP contribution in [-0.2, 0) is 16.1 Å². The van der Waals surface area contributed by atoms with E-state index in [2.05, 4.69) is 21.7 Å². The molecule has 0 saturated carbocycles. The number of carbonyl (C=O) groups is 2. The molecule has 1 aromatic heterocycles. The van der Waals surface area contributed by atoms with Gasteiger partial charge in [0, 0.05) is 17.8 Å². The number of H-pyrrole nitrogens is 1. The maximum Gasteiger partial charge on any atom is 0.408 e. The van der Waals surface area contributed by atoms with E-state index in [1.54, 1.807) is 32.9 Å². The Morgan fingerprint density at radius 2 is 1.79 bits per heavy atom. The van der Waals surface area contributed by atoms with Crippen molar-refractivity contribution in [2.45, 2.75) is 45.9 Å². The number of aromatic amines is 1. The molecule has 3 aromatic rings. The van der Waals surface area contributed by atoms with E-state index in [9.17, 15) is 9.59 Å². The first-order valence-corrected chi connectivity index (χ1v) is 9.62. The fourth-order valence-electron chi connectivity index (χ4n) is 3.10. The Hall–Kier alpha value is -3.28. The molecule has 6 heteroatoms. The van der Waals surface area contributed by atoms with Crippen molar-refractivity contribution in [1.82, 2.24) is 15.6 Å². The summed E-state index contributed by atoms with van der Waals surface area (Å²) in [5.41, 5.74) is 3.17. The summed E-state index contributed by atoms with van der Waals surface area (Å²) in [5, 5.41) is 6.70. The van der Waals surface area contributed by atoms with Gasteiger partial charge in [0.05, 0.1) is 0 Å². The molecule has 1 unspecified atom stereocenters. The normalized spacial score (nSPS) is 12.4. The second kappa shape index (κ2) is 8.39. The lowest BCUT2D eigenvalue weighted by molar-refractivity contribution is -0.123. The third-order valence-corrected chi connectivity index (χ3v) is 4.34. The predicted molar refractivity (Wildman–Crippen MR) is 113 cm³/mol. The second-order valence-corrected chi connectivity index (χ2v) is 8.08. The number of carbonyl (C=O) groups excluding carboxylic acids is 2. The van der Waals surface area contributed by atoms with Gasteiger partial charge in [-0.2, -0.15) is 0 Å². The molecular weight excluding hydrogens is 366 g/mol. The summed E-state index contributed by atoms with van der Waals surface area (Å²) >= 11 is 0. The second-order valence-electron chi connectivity index (χ2n) is 8.08. The minimum atomic E-state index is -0.843. The van der Waals surface area contributed by atoms with E-state index in [0.717, 1.165) is 22.2 Å². The number of rotatable bonds is 5. The minimum absolute atomic E-state index is 0.299. The average molecular weight is 393 g/mol. The van der Waals surface area contributed by atoms with Crippen LogP contribution in [0.15, 0.2) is 54.6 Å². The maximum absolute atomic E-state index is 12.9. The van der Waals surface area contributed by atoms with E-state index in [4.69, 9.17) is 4.74 Å². The number of aromatic nitrogens is 1. The van der Waals surface area contributed by atoms with Crippen LogP contribution in [0, 0.1) is 6.92 Å². The van der Waals surface area contributed by atoms with Gasteiger partial charge >= 0.3 is 6.09 Å². The van der Waals surface area contributed by atoms with Gasteiger partial charge in [-0.25, -0.2) is 4.79 Å². The van der Waals surface area contributed by atoms with Gasteiger partial charge in [-0.05, 0) is 62.4 Å². The Labute approximate surface area is 170 Å². The molecule has 0 spiro atoms. The van der Waals surface area contributed by atoms with E-state index in [1.165, 1.54) is 0 Å². The van der Waals surface area contributed by atoms with Gasteiger partial charge in [-0.15, -0.1) is 0 Å². The van der Waals surface area contributed by atoms with E-state index >= 15 is 0 Å². The highest BCUT2D eigenvalue weighted by atomic mass is 16.6. The molecule has 6 nitrogen and oxygen atoms in total. The number of amides is 2. The zero-order chi connectivity index (χ0) is 21.0. The van der Waals surface area contributed by atoms with Crippen LogP contribution in [0.1, 0.15) is 43.6 Å². The Kier molecular flexibility index (Phi) is 5.92. The molecule has 0 saturated heterocycles. The number of benzene rings is 2. The van der Waals surface area contributed by atoms with Gasteiger partial charge in [0.25, 0.3) is 0 Å². The van der Waals surface area contributed by atoms with Crippen LogP contribution in [0.2, 0.25) is 0 Å². The molecule has 3 N–H and O–H groups in total. The fourth-order valence-corrected chi connectivity index (χ4v) is 3.10. The maximum atomic E-state index is 12.9. The molecule has 0 aliphatic heterocycles. The monoisotopic (exact) mass is 393 g/mol. The number of hydrogen-bond acceptors (Lipinski definition) is 3. The van der Waals surface area contributed by atoms with Gasteiger partial charge in [-0.1, -0.05) is 36.4 Å². The first-order chi connectivity index (χ1) is 13.7. The Balaban J connectivity index is 1.72. The van der Waals surface area contributed by atoms with E-state index in [0.29, 0.717) is 12.1 Å². The third kappa shape index (κ3) is 5.60. The molecule has 1 heterocycles. The minimum Gasteiger partial charge on any atom is -0.444 e. The number of hydrogen-bond donors (Lipinski definition) is 3. The predicted octanol–water partition coefficient (Wildman–Crippen LogP) is 4.36. The van der Waals surface area contributed by atoms with Crippen LogP contribution in [0.3, 0.4) is 0 Å². The van der Waals surface area contributed by atoms with Crippen molar-refractivity contribution in [3.05, 3.63) is 71.4 Å². The summed E-state index contributed by atoms with van der Waals surface area (Å²) in [4.78, 5) is 28.4. The zero-order valence-electron chi connectivity index (χ0n) is 17.2. The van der Waals surface area contributed by atoms with Crippen LogP contribution in [0.4, 0.5) is 4.79 Å². The van der Waals surface area contributed by atoms with Crippen molar-refractivity contribution in [3.8, 4) is 0 Å². The van der Waals surface area contributed by atoms with Crippen LogP contribution in [0.5, 0.6) is 0 Å². The van der Waals surface area contributed by atoms with Gasteiger partial charge in [0.2, 0.25) is 5.91 Å². The van der Waals surface area contributed by atoms with Gasteiger partial charge in [0.15, 0.2) is 0 Å². The molecular formula is C23H27N3O3. The summed E-state index contributed by atoms with van der Waals surface area (Å²) in [6.07, 6.45) is -0.634. The van der Waals surface area contributed by atoms with Crippen molar-refractivity contribution < 1.29 is 14.3 Å². The number of alkyl carbamates (subject to hydrolysis) is 1. The smallest absolute Gasteiger partial charge is 0.408 e. The lowest BCUT2D eigenvalue weighted by Gasteiger charge is -2.23. The largest absolute Gasteiger partial charge is 0.444 e. The lowest BCUT2D eigenvalue weighted by atomic mass is 10.1. The number of nitrogens with one attached hydrogen (secondary N) is 3. The standard InChI is InChI=1S/C23H27N3O3/c1-15-12-18-13-16(10-11-19(18)25-15)14-24-21(27)20(17-8-6-5-7-9-17)26-22(28)29-23(2,3)4/h5-13,20,25H,14H2,1-4H3,(H,24,27)(H,26,28). The van der Waals surface area contributed by atoms with Gasteiger partial charge in [0.1, 0.15) is 11.6 Å². The van der Waals surface area contributed by atoms with E-state index < -0.39 is 17.7 Å². The quantitative estimate of drug-likeness (QED) is 0.602. The molecule has 0 bridgehead atoms. The summed E-state index contributed by atoms with van der Waals surface area (Å²) in [6.45, 7) is 7.71. The highest BCUT2D eigenvalue weighted by Crippen LogP contribution is 2.18. The van der Waals surface area contributed by atoms with Gasteiger partial charge < -0.3 is 20.4 Å². The summed E-state index contributed by atoms with van der Waals surface area (Å²) in [6, 6.07) is 16.4.